The molecule has 0 saturated carbocycles. The molecule has 1 saturated heterocycles. The van der Waals surface area contributed by atoms with E-state index in [1.807, 2.05) is 18.2 Å². The molecule has 1 aromatic heterocycles. The second-order valence-corrected chi connectivity index (χ2v) is 5.26. The summed E-state index contributed by atoms with van der Waals surface area (Å²) in [5, 5.41) is 4.71. The highest BCUT2D eigenvalue weighted by Gasteiger charge is 2.17. The van der Waals surface area contributed by atoms with Gasteiger partial charge in [-0.05, 0) is 25.0 Å². The fraction of sp³-hybridized carbons (Fsp3) is 0.286. The van der Waals surface area contributed by atoms with Gasteiger partial charge in [0.1, 0.15) is 5.69 Å². The first kappa shape index (κ1) is 12.2. The van der Waals surface area contributed by atoms with E-state index in [0.29, 0.717) is 5.69 Å². The Kier molecular flexibility index (Phi) is 3.46. The molecule has 0 bridgehead atoms. The summed E-state index contributed by atoms with van der Waals surface area (Å²) in [6.07, 6.45) is 2.43. The molecule has 2 aromatic rings. The number of nitrogens with zero attached hydrogens (tertiary/aromatic N) is 2. The molecule has 3 rings (SSSR count). The summed E-state index contributed by atoms with van der Waals surface area (Å²) in [5.41, 5.74) is 4.11. The fourth-order valence-electron chi connectivity index (χ4n) is 2.32. The molecule has 2 heterocycles. The standard InChI is InChI=1S/C14H15N3OS/c18-14(12-9-19-10-15-12)16-11-5-1-2-6-13(11)17-7-3-4-8-17/h1-2,5-6,9-10H,3-4,7-8H2,(H,16,18). The lowest BCUT2D eigenvalue weighted by Gasteiger charge is -2.21. The molecule has 19 heavy (non-hydrogen) atoms. The predicted octanol–water partition coefficient (Wildman–Crippen LogP) is 3.00. The van der Waals surface area contributed by atoms with Crippen LogP contribution in [-0.2, 0) is 0 Å². The third-order valence-corrected chi connectivity index (χ3v) is 3.85. The van der Waals surface area contributed by atoms with Crippen molar-refractivity contribution in [3.05, 3.63) is 40.8 Å². The molecule has 5 heteroatoms. The van der Waals surface area contributed by atoms with Gasteiger partial charge in [0.2, 0.25) is 0 Å². The maximum atomic E-state index is 12.1. The third kappa shape index (κ3) is 2.61. The Labute approximate surface area is 116 Å². The van der Waals surface area contributed by atoms with Gasteiger partial charge in [-0.25, -0.2) is 4.98 Å². The van der Waals surface area contributed by atoms with Crippen LogP contribution in [0.15, 0.2) is 35.2 Å². The van der Waals surface area contributed by atoms with Gasteiger partial charge in [0.05, 0.1) is 16.9 Å². The van der Waals surface area contributed by atoms with Crippen LogP contribution < -0.4 is 10.2 Å². The van der Waals surface area contributed by atoms with Gasteiger partial charge in [-0.3, -0.25) is 4.79 Å². The Balaban J connectivity index is 1.82. The number of benzene rings is 1. The molecule has 1 aromatic carbocycles. The first-order valence-electron chi connectivity index (χ1n) is 6.38. The van der Waals surface area contributed by atoms with Crippen molar-refractivity contribution < 1.29 is 4.79 Å². The van der Waals surface area contributed by atoms with Crippen molar-refractivity contribution in [3.63, 3.8) is 0 Å². The zero-order valence-electron chi connectivity index (χ0n) is 10.5. The van der Waals surface area contributed by atoms with Gasteiger partial charge in [-0.15, -0.1) is 11.3 Å². The molecular formula is C14H15N3OS. The van der Waals surface area contributed by atoms with Gasteiger partial charge < -0.3 is 10.2 Å². The molecule has 98 valence electrons. The van der Waals surface area contributed by atoms with Crippen molar-refractivity contribution in [2.24, 2.45) is 0 Å². The normalized spacial score (nSPS) is 14.6. The number of rotatable bonds is 3. The van der Waals surface area contributed by atoms with Crippen LogP contribution in [0.3, 0.4) is 0 Å². The summed E-state index contributed by atoms with van der Waals surface area (Å²) in [6.45, 7) is 2.12. The minimum atomic E-state index is -0.145. The van der Waals surface area contributed by atoms with E-state index in [-0.39, 0.29) is 5.91 Å². The number of carbonyl (C=O) groups is 1. The zero-order valence-corrected chi connectivity index (χ0v) is 11.3. The fourth-order valence-corrected chi connectivity index (χ4v) is 2.86. The monoisotopic (exact) mass is 273 g/mol. The highest BCUT2D eigenvalue weighted by Crippen LogP contribution is 2.28. The Hall–Kier alpha value is -1.88. The second kappa shape index (κ2) is 5.40. The van der Waals surface area contributed by atoms with Crippen LogP contribution in [0, 0.1) is 0 Å². The quantitative estimate of drug-likeness (QED) is 0.935. The number of para-hydroxylation sites is 2. The number of carbonyl (C=O) groups excluding carboxylic acids is 1. The number of nitrogens with one attached hydrogen (secondary N) is 1. The number of hydrogen-bond acceptors (Lipinski definition) is 4. The lowest BCUT2D eigenvalue weighted by Crippen LogP contribution is -2.21. The van der Waals surface area contributed by atoms with Crippen LogP contribution in [-0.4, -0.2) is 24.0 Å². The SMILES string of the molecule is O=C(Nc1ccccc1N1CCCC1)c1cscn1. The maximum absolute atomic E-state index is 12.1. The number of anilines is 2. The largest absolute Gasteiger partial charge is 0.370 e. The van der Waals surface area contributed by atoms with Crippen molar-refractivity contribution in [3.8, 4) is 0 Å². The van der Waals surface area contributed by atoms with Crippen molar-refractivity contribution in [1.82, 2.24) is 4.98 Å². The van der Waals surface area contributed by atoms with Crippen LogP contribution in [0.1, 0.15) is 23.3 Å². The van der Waals surface area contributed by atoms with E-state index in [9.17, 15) is 4.79 Å². The molecule has 4 nitrogen and oxygen atoms in total. The molecule has 0 atom stereocenters. The van der Waals surface area contributed by atoms with Crippen LogP contribution in [0.5, 0.6) is 0 Å². The van der Waals surface area contributed by atoms with Crippen LogP contribution in [0.25, 0.3) is 0 Å². The molecule has 0 spiro atoms. The number of aromatic nitrogens is 1. The van der Waals surface area contributed by atoms with Gasteiger partial charge in [0, 0.05) is 18.5 Å². The number of thiazole rings is 1. The lowest BCUT2D eigenvalue weighted by atomic mass is 10.2. The van der Waals surface area contributed by atoms with Crippen molar-refractivity contribution in [2.45, 2.75) is 12.8 Å². The van der Waals surface area contributed by atoms with E-state index in [1.54, 1.807) is 10.9 Å². The minimum absolute atomic E-state index is 0.145. The van der Waals surface area contributed by atoms with E-state index in [1.165, 1.54) is 24.2 Å². The molecule has 1 fully saturated rings. The molecular weight excluding hydrogens is 258 g/mol. The van der Waals surface area contributed by atoms with E-state index in [4.69, 9.17) is 0 Å². The smallest absolute Gasteiger partial charge is 0.275 e. The Morgan fingerprint density at radius 1 is 1.26 bits per heavy atom. The first-order chi connectivity index (χ1) is 9.34. The topological polar surface area (TPSA) is 45.2 Å². The average Bonchev–Trinajstić information content (AvgIpc) is 3.13. The molecule has 1 aliphatic rings. The summed E-state index contributed by atoms with van der Waals surface area (Å²) < 4.78 is 0. The summed E-state index contributed by atoms with van der Waals surface area (Å²) in [6, 6.07) is 7.95. The predicted molar refractivity (Wildman–Crippen MR) is 78.0 cm³/mol. The number of amides is 1. The highest BCUT2D eigenvalue weighted by molar-refractivity contribution is 7.07. The maximum Gasteiger partial charge on any atom is 0.275 e. The molecule has 0 unspecified atom stereocenters. The summed E-state index contributed by atoms with van der Waals surface area (Å²) in [5.74, 6) is -0.145. The molecule has 1 aliphatic heterocycles. The number of hydrogen-bond donors (Lipinski definition) is 1. The van der Waals surface area contributed by atoms with Crippen molar-refractivity contribution in [1.29, 1.82) is 0 Å². The Morgan fingerprint density at radius 2 is 2.05 bits per heavy atom. The van der Waals surface area contributed by atoms with Gasteiger partial charge in [-0.2, -0.15) is 0 Å². The summed E-state index contributed by atoms with van der Waals surface area (Å²) >= 11 is 1.43. The van der Waals surface area contributed by atoms with E-state index >= 15 is 0 Å². The zero-order chi connectivity index (χ0) is 13.1. The third-order valence-electron chi connectivity index (χ3n) is 3.26. The van der Waals surface area contributed by atoms with Crippen molar-refractivity contribution >= 4 is 28.6 Å². The molecule has 0 radical (unpaired) electrons. The minimum Gasteiger partial charge on any atom is -0.370 e. The van der Waals surface area contributed by atoms with Crippen LogP contribution in [0.2, 0.25) is 0 Å². The molecule has 1 amide bonds. The van der Waals surface area contributed by atoms with Gasteiger partial charge in [0.25, 0.3) is 5.91 Å². The average molecular weight is 273 g/mol. The van der Waals surface area contributed by atoms with Gasteiger partial charge in [0.15, 0.2) is 0 Å². The highest BCUT2D eigenvalue weighted by atomic mass is 32.1. The molecule has 1 N–H and O–H groups in total. The van der Waals surface area contributed by atoms with Gasteiger partial charge in [-0.1, -0.05) is 12.1 Å². The lowest BCUT2D eigenvalue weighted by molar-refractivity contribution is 0.102. The Morgan fingerprint density at radius 3 is 2.79 bits per heavy atom. The second-order valence-electron chi connectivity index (χ2n) is 4.54. The summed E-state index contributed by atoms with van der Waals surface area (Å²) in [7, 11) is 0. The van der Waals surface area contributed by atoms with Crippen LogP contribution >= 0.6 is 11.3 Å². The molecule has 0 aliphatic carbocycles. The van der Waals surface area contributed by atoms with E-state index in [2.05, 4.69) is 21.3 Å². The van der Waals surface area contributed by atoms with E-state index in [0.717, 1.165) is 24.5 Å². The van der Waals surface area contributed by atoms with Gasteiger partial charge >= 0.3 is 0 Å². The van der Waals surface area contributed by atoms with Crippen LogP contribution in [0.4, 0.5) is 11.4 Å². The summed E-state index contributed by atoms with van der Waals surface area (Å²) in [4.78, 5) is 18.4. The van der Waals surface area contributed by atoms with Crippen molar-refractivity contribution in [2.75, 3.05) is 23.3 Å². The first-order valence-corrected chi connectivity index (χ1v) is 7.32. The Bertz CT molecular complexity index is 562. The van der Waals surface area contributed by atoms with E-state index < -0.39 is 0 Å².